The summed E-state index contributed by atoms with van der Waals surface area (Å²) in [4.78, 5) is 6.47. The number of fused-ring (bicyclic) bond motifs is 1. The van der Waals surface area contributed by atoms with E-state index in [0.717, 1.165) is 48.7 Å². The smallest absolute Gasteiger partial charge is 0.231 e. The van der Waals surface area contributed by atoms with Gasteiger partial charge in [-0.15, -0.1) is 0 Å². The highest BCUT2D eigenvalue weighted by atomic mass is 16.7. The summed E-state index contributed by atoms with van der Waals surface area (Å²) in [5.41, 5.74) is 1.60. The van der Waals surface area contributed by atoms with Crippen molar-refractivity contribution in [2.45, 2.75) is 25.1 Å². The fourth-order valence-corrected chi connectivity index (χ4v) is 3.50. The zero-order valence-electron chi connectivity index (χ0n) is 14.1. The van der Waals surface area contributed by atoms with Gasteiger partial charge in [0.15, 0.2) is 11.5 Å². The molecule has 0 bridgehead atoms. The van der Waals surface area contributed by atoms with Crippen LogP contribution in [0.4, 0.5) is 0 Å². The van der Waals surface area contributed by atoms with Crippen molar-refractivity contribution < 1.29 is 14.6 Å². The molecule has 1 atom stereocenters. The van der Waals surface area contributed by atoms with Gasteiger partial charge in [0.2, 0.25) is 6.79 Å². The lowest BCUT2D eigenvalue weighted by Crippen LogP contribution is -2.44. The molecule has 4 rings (SSSR count). The van der Waals surface area contributed by atoms with Gasteiger partial charge in [-0.1, -0.05) is 12.1 Å². The first-order valence-electron chi connectivity index (χ1n) is 8.63. The van der Waals surface area contributed by atoms with Gasteiger partial charge in [0.05, 0.1) is 5.60 Å². The molecule has 132 valence electrons. The third-order valence-corrected chi connectivity index (χ3v) is 4.71. The number of nitrogens with zero attached hydrogens (tertiary/aromatic N) is 2. The number of hydrogen-bond acceptors (Lipinski definition) is 6. The highest BCUT2D eigenvalue weighted by Gasteiger charge is 2.33. The molecule has 1 saturated heterocycles. The molecule has 2 aliphatic heterocycles. The molecular formula is C19H23N3O3. The molecule has 6 heteroatoms. The van der Waals surface area contributed by atoms with Crippen LogP contribution in [0.1, 0.15) is 17.5 Å². The van der Waals surface area contributed by atoms with Crippen LogP contribution in [0, 0.1) is 0 Å². The Kier molecular flexibility index (Phi) is 4.57. The van der Waals surface area contributed by atoms with E-state index in [0.29, 0.717) is 13.1 Å². The Hall–Kier alpha value is -2.15. The molecule has 1 aromatic heterocycles. The predicted molar refractivity (Wildman–Crippen MR) is 93.4 cm³/mol. The molecule has 3 heterocycles. The zero-order valence-corrected chi connectivity index (χ0v) is 14.1. The van der Waals surface area contributed by atoms with E-state index >= 15 is 0 Å². The van der Waals surface area contributed by atoms with Crippen LogP contribution in [0.25, 0.3) is 0 Å². The monoisotopic (exact) mass is 341 g/mol. The highest BCUT2D eigenvalue weighted by Crippen LogP contribution is 2.33. The summed E-state index contributed by atoms with van der Waals surface area (Å²) < 4.78 is 10.9. The number of ether oxygens (including phenoxy) is 2. The SMILES string of the molecule is OC1(CN(Cc2cccnc2)Cc2ccc3c(c2)OCO3)CCNC1. The van der Waals surface area contributed by atoms with Crippen LogP contribution in [0.5, 0.6) is 11.5 Å². The van der Waals surface area contributed by atoms with E-state index in [1.807, 2.05) is 24.4 Å². The summed E-state index contributed by atoms with van der Waals surface area (Å²) in [7, 11) is 0. The Labute approximate surface area is 147 Å². The minimum atomic E-state index is -0.682. The Morgan fingerprint density at radius 1 is 1.16 bits per heavy atom. The third-order valence-electron chi connectivity index (χ3n) is 4.71. The van der Waals surface area contributed by atoms with Crippen LogP contribution in [0.15, 0.2) is 42.7 Å². The van der Waals surface area contributed by atoms with Crippen molar-refractivity contribution in [1.29, 1.82) is 0 Å². The minimum Gasteiger partial charge on any atom is -0.454 e. The first-order valence-corrected chi connectivity index (χ1v) is 8.63. The standard InChI is InChI=1S/C19H23N3O3/c23-19(5-7-21-12-19)13-22(11-16-2-1-6-20-9-16)10-15-3-4-17-18(8-15)25-14-24-17/h1-4,6,8-9,21,23H,5,7,10-14H2. The lowest BCUT2D eigenvalue weighted by molar-refractivity contribution is 0.0157. The second-order valence-corrected chi connectivity index (χ2v) is 6.85. The number of pyridine rings is 1. The summed E-state index contributed by atoms with van der Waals surface area (Å²) in [5.74, 6) is 1.58. The normalized spacial score (nSPS) is 21.8. The van der Waals surface area contributed by atoms with Crippen LogP contribution < -0.4 is 14.8 Å². The molecule has 25 heavy (non-hydrogen) atoms. The molecule has 1 fully saturated rings. The summed E-state index contributed by atoms with van der Waals surface area (Å²) in [5, 5.41) is 14.1. The van der Waals surface area contributed by atoms with Gasteiger partial charge in [-0.05, 0) is 42.3 Å². The average molecular weight is 341 g/mol. The average Bonchev–Trinajstić information content (AvgIpc) is 3.24. The predicted octanol–water partition coefficient (Wildman–Crippen LogP) is 1.54. The Morgan fingerprint density at radius 3 is 2.84 bits per heavy atom. The Bertz CT molecular complexity index is 717. The van der Waals surface area contributed by atoms with E-state index in [1.165, 1.54) is 0 Å². The molecule has 0 amide bonds. The van der Waals surface area contributed by atoms with Gasteiger partial charge >= 0.3 is 0 Å². The lowest BCUT2D eigenvalue weighted by atomic mass is 10.0. The van der Waals surface area contributed by atoms with E-state index in [4.69, 9.17) is 9.47 Å². The van der Waals surface area contributed by atoms with Crippen LogP contribution in [0.2, 0.25) is 0 Å². The number of benzene rings is 1. The van der Waals surface area contributed by atoms with Gasteiger partial charge in [0, 0.05) is 38.6 Å². The lowest BCUT2D eigenvalue weighted by Gasteiger charge is -2.31. The molecule has 0 saturated carbocycles. The van der Waals surface area contributed by atoms with E-state index in [1.54, 1.807) is 6.20 Å². The van der Waals surface area contributed by atoms with Crippen molar-refractivity contribution in [1.82, 2.24) is 15.2 Å². The second-order valence-electron chi connectivity index (χ2n) is 6.85. The molecule has 1 aromatic carbocycles. The fraction of sp³-hybridized carbons (Fsp3) is 0.421. The topological polar surface area (TPSA) is 66.9 Å². The van der Waals surface area contributed by atoms with Crippen molar-refractivity contribution in [3.8, 4) is 11.5 Å². The van der Waals surface area contributed by atoms with Crippen LogP contribution in [-0.4, -0.2) is 47.0 Å². The molecule has 6 nitrogen and oxygen atoms in total. The number of aromatic nitrogens is 1. The Morgan fingerprint density at radius 2 is 2.04 bits per heavy atom. The molecule has 2 N–H and O–H groups in total. The van der Waals surface area contributed by atoms with Crippen molar-refractivity contribution >= 4 is 0 Å². The van der Waals surface area contributed by atoms with Crippen molar-refractivity contribution in [3.05, 3.63) is 53.9 Å². The maximum atomic E-state index is 10.8. The van der Waals surface area contributed by atoms with Gasteiger partial charge in [0.1, 0.15) is 0 Å². The summed E-state index contributed by atoms with van der Waals surface area (Å²) in [6.45, 7) is 3.87. The first-order chi connectivity index (χ1) is 12.2. The quantitative estimate of drug-likeness (QED) is 0.831. The minimum absolute atomic E-state index is 0.281. The second kappa shape index (κ2) is 7.00. The fourth-order valence-electron chi connectivity index (χ4n) is 3.50. The van der Waals surface area contributed by atoms with E-state index in [2.05, 4.69) is 27.3 Å². The number of aliphatic hydroxyl groups is 1. The molecule has 2 aliphatic rings. The highest BCUT2D eigenvalue weighted by molar-refractivity contribution is 5.44. The van der Waals surface area contributed by atoms with Gasteiger partial charge in [0.25, 0.3) is 0 Å². The van der Waals surface area contributed by atoms with E-state index in [-0.39, 0.29) is 6.79 Å². The third kappa shape index (κ3) is 3.92. The number of rotatable bonds is 6. The molecular weight excluding hydrogens is 318 g/mol. The molecule has 0 radical (unpaired) electrons. The van der Waals surface area contributed by atoms with Crippen LogP contribution >= 0.6 is 0 Å². The van der Waals surface area contributed by atoms with Crippen LogP contribution in [-0.2, 0) is 13.1 Å². The maximum Gasteiger partial charge on any atom is 0.231 e. The van der Waals surface area contributed by atoms with Crippen LogP contribution in [0.3, 0.4) is 0 Å². The summed E-state index contributed by atoms with van der Waals surface area (Å²) >= 11 is 0. The van der Waals surface area contributed by atoms with Gasteiger partial charge in [-0.25, -0.2) is 0 Å². The van der Waals surface area contributed by atoms with Crippen molar-refractivity contribution in [2.24, 2.45) is 0 Å². The summed E-state index contributed by atoms with van der Waals surface area (Å²) in [6.07, 6.45) is 4.43. The van der Waals surface area contributed by atoms with Gasteiger partial charge in [-0.2, -0.15) is 0 Å². The number of β-amino-alcohol motifs (C(OH)–C–C–N with tert-alkyl or cyclic N) is 1. The van der Waals surface area contributed by atoms with E-state index in [9.17, 15) is 5.11 Å². The van der Waals surface area contributed by atoms with Crippen molar-refractivity contribution in [2.75, 3.05) is 26.4 Å². The van der Waals surface area contributed by atoms with Gasteiger partial charge in [-0.3, -0.25) is 9.88 Å². The first kappa shape index (κ1) is 16.3. The van der Waals surface area contributed by atoms with Crippen molar-refractivity contribution in [3.63, 3.8) is 0 Å². The molecule has 1 unspecified atom stereocenters. The van der Waals surface area contributed by atoms with E-state index < -0.39 is 5.60 Å². The zero-order chi connectivity index (χ0) is 17.1. The number of hydrogen-bond donors (Lipinski definition) is 2. The Balaban J connectivity index is 1.51. The maximum absolute atomic E-state index is 10.8. The molecule has 0 aliphatic carbocycles. The largest absolute Gasteiger partial charge is 0.454 e. The summed E-state index contributed by atoms with van der Waals surface area (Å²) in [6, 6.07) is 10.0. The number of nitrogens with one attached hydrogen (secondary N) is 1. The molecule has 0 spiro atoms. The molecule has 2 aromatic rings. The van der Waals surface area contributed by atoms with Gasteiger partial charge < -0.3 is 19.9 Å².